The van der Waals surface area contributed by atoms with E-state index < -0.39 is 0 Å². The van der Waals surface area contributed by atoms with Gasteiger partial charge in [0, 0.05) is 0 Å². The van der Waals surface area contributed by atoms with Crippen molar-refractivity contribution in [3.05, 3.63) is 29.3 Å². The van der Waals surface area contributed by atoms with Crippen LogP contribution < -0.4 is 4.52 Å². The van der Waals surface area contributed by atoms with E-state index in [9.17, 15) is 4.57 Å². The summed E-state index contributed by atoms with van der Waals surface area (Å²) in [6, 6.07) is 5.79. The Morgan fingerprint density at radius 1 is 1.27 bits per heavy atom. The molecule has 0 aliphatic heterocycles. The summed E-state index contributed by atoms with van der Waals surface area (Å²) in [5.41, 5.74) is 2.02. The first-order chi connectivity index (χ1) is 5.25. The number of aryl methyl sites for hydroxylation is 2. The van der Waals surface area contributed by atoms with E-state index in [0.717, 1.165) is 11.1 Å². The third-order valence-electron chi connectivity index (χ3n) is 1.54. The molecule has 0 fully saturated rings. The van der Waals surface area contributed by atoms with Gasteiger partial charge in [-0.3, -0.25) is 0 Å². The molecule has 1 aromatic carbocycles. The predicted molar refractivity (Wildman–Crippen MR) is 44.2 cm³/mol. The van der Waals surface area contributed by atoms with Gasteiger partial charge in [-0.1, -0.05) is 18.2 Å². The van der Waals surface area contributed by atoms with Crippen LogP contribution in [0.1, 0.15) is 11.1 Å². The number of rotatable bonds is 2. The molecule has 0 aromatic heterocycles. The molecular formula is C8H9O2P. The van der Waals surface area contributed by atoms with Crippen LogP contribution in [-0.4, -0.2) is 0 Å². The molecule has 1 aromatic rings. The highest BCUT2D eigenvalue weighted by molar-refractivity contribution is 7.17. The lowest BCUT2D eigenvalue weighted by molar-refractivity contribution is 0.521. The van der Waals surface area contributed by atoms with Crippen molar-refractivity contribution < 1.29 is 9.09 Å². The fourth-order valence-electron chi connectivity index (χ4n) is 0.980. The molecule has 0 atom stereocenters. The molecule has 0 radical (unpaired) electrons. The van der Waals surface area contributed by atoms with Gasteiger partial charge in [0.25, 0.3) is 0 Å². The van der Waals surface area contributed by atoms with Gasteiger partial charge in [0.1, 0.15) is 5.75 Å². The summed E-state index contributed by atoms with van der Waals surface area (Å²) in [5, 5.41) is 0. The van der Waals surface area contributed by atoms with Crippen LogP contribution >= 0.6 is 8.69 Å². The van der Waals surface area contributed by atoms with Crippen molar-refractivity contribution >= 4 is 8.69 Å². The second kappa shape index (κ2) is 3.49. The van der Waals surface area contributed by atoms with Crippen molar-refractivity contribution in [2.24, 2.45) is 0 Å². The molecule has 11 heavy (non-hydrogen) atoms. The highest BCUT2D eigenvalue weighted by Gasteiger charge is 2.01. The van der Waals surface area contributed by atoms with Crippen LogP contribution in [0.15, 0.2) is 18.2 Å². The monoisotopic (exact) mass is 168 g/mol. The summed E-state index contributed by atoms with van der Waals surface area (Å²) in [5.74, 6) is 0.712. The summed E-state index contributed by atoms with van der Waals surface area (Å²) >= 11 is 0. The van der Waals surface area contributed by atoms with Crippen molar-refractivity contribution in [2.75, 3.05) is 0 Å². The highest BCUT2D eigenvalue weighted by Crippen LogP contribution is 2.24. The van der Waals surface area contributed by atoms with Crippen LogP contribution in [0.3, 0.4) is 0 Å². The molecule has 0 amide bonds. The quantitative estimate of drug-likeness (QED) is 0.634. The van der Waals surface area contributed by atoms with Gasteiger partial charge in [-0.25, -0.2) is 4.57 Å². The van der Waals surface area contributed by atoms with E-state index in [1.54, 1.807) is 0 Å². The number of benzene rings is 1. The zero-order valence-corrected chi connectivity index (χ0v) is 7.39. The van der Waals surface area contributed by atoms with Gasteiger partial charge in [-0.15, -0.1) is 0 Å². The molecule has 3 heteroatoms. The van der Waals surface area contributed by atoms with Gasteiger partial charge in [0.2, 0.25) is 0 Å². The minimum absolute atomic E-state index is 0.294. The summed E-state index contributed by atoms with van der Waals surface area (Å²) in [7, 11) is -0.294. The van der Waals surface area contributed by atoms with Crippen LogP contribution in [0.5, 0.6) is 5.75 Å². The fourth-order valence-corrected chi connectivity index (χ4v) is 1.34. The summed E-state index contributed by atoms with van der Waals surface area (Å²) in [4.78, 5) is 0. The van der Waals surface area contributed by atoms with E-state index in [1.165, 1.54) is 0 Å². The average molecular weight is 168 g/mol. The molecule has 0 heterocycles. The van der Waals surface area contributed by atoms with Crippen LogP contribution in [0, 0.1) is 13.8 Å². The molecule has 0 N–H and O–H groups in total. The van der Waals surface area contributed by atoms with E-state index in [4.69, 9.17) is 4.52 Å². The summed E-state index contributed by atoms with van der Waals surface area (Å²) in [6.45, 7) is 3.85. The molecule has 0 saturated carbocycles. The molecule has 0 spiro atoms. The Balaban J connectivity index is 3.09. The lowest BCUT2D eigenvalue weighted by Crippen LogP contribution is -1.84. The lowest BCUT2D eigenvalue weighted by Gasteiger charge is -2.03. The topological polar surface area (TPSA) is 26.3 Å². The van der Waals surface area contributed by atoms with Crippen LogP contribution in [0.25, 0.3) is 0 Å². The van der Waals surface area contributed by atoms with Gasteiger partial charge >= 0.3 is 8.69 Å². The van der Waals surface area contributed by atoms with E-state index in [1.807, 2.05) is 32.0 Å². The average Bonchev–Trinajstić information content (AvgIpc) is 1.97. The van der Waals surface area contributed by atoms with Gasteiger partial charge < -0.3 is 4.52 Å². The Morgan fingerprint density at radius 3 is 2.27 bits per heavy atom. The Morgan fingerprint density at radius 2 is 1.82 bits per heavy atom. The minimum atomic E-state index is -0.294. The first-order valence-electron chi connectivity index (χ1n) is 3.31. The largest absolute Gasteiger partial charge is 0.407 e. The zero-order valence-electron chi connectivity index (χ0n) is 6.50. The Kier molecular flexibility index (Phi) is 2.61. The van der Waals surface area contributed by atoms with E-state index >= 15 is 0 Å². The van der Waals surface area contributed by atoms with Gasteiger partial charge in [0.05, 0.1) is 0 Å². The van der Waals surface area contributed by atoms with Gasteiger partial charge in [-0.2, -0.15) is 0 Å². The normalized spacial score (nSPS) is 10.0. The second-order valence-corrected chi connectivity index (χ2v) is 2.72. The number of para-hydroxylation sites is 1. The smallest absolute Gasteiger partial charge is 0.395 e. The van der Waals surface area contributed by atoms with E-state index in [0.29, 0.717) is 5.75 Å². The van der Waals surface area contributed by atoms with Crippen molar-refractivity contribution in [3.63, 3.8) is 0 Å². The Hall–Kier alpha value is -0.880. The van der Waals surface area contributed by atoms with Gasteiger partial charge in [-0.05, 0) is 25.0 Å². The highest BCUT2D eigenvalue weighted by atomic mass is 31.1. The molecule has 2 nitrogen and oxygen atoms in total. The Labute approximate surface area is 67.5 Å². The summed E-state index contributed by atoms with van der Waals surface area (Å²) < 4.78 is 15.0. The number of hydrogen-bond donors (Lipinski definition) is 0. The van der Waals surface area contributed by atoms with Gasteiger partial charge in [0.15, 0.2) is 0 Å². The van der Waals surface area contributed by atoms with Crippen molar-refractivity contribution in [3.8, 4) is 5.75 Å². The fraction of sp³-hybridized carbons (Fsp3) is 0.250. The maximum absolute atomic E-state index is 10.2. The van der Waals surface area contributed by atoms with Crippen LogP contribution in [-0.2, 0) is 4.57 Å². The molecule has 1 rings (SSSR count). The van der Waals surface area contributed by atoms with E-state index in [-0.39, 0.29) is 8.69 Å². The summed E-state index contributed by atoms with van der Waals surface area (Å²) in [6.07, 6.45) is 0. The molecule has 0 unspecified atom stereocenters. The minimum Gasteiger partial charge on any atom is -0.407 e. The molecule has 0 aliphatic rings. The van der Waals surface area contributed by atoms with Crippen molar-refractivity contribution in [2.45, 2.75) is 13.8 Å². The Bertz CT molecular complexity index is 251. The maximum atomic E-state index is 10.2. The third-order valence-corrected chi connectivity index (χ3v) is 1.79. The van der Waals surface area contributed by atoms with Crippen LogP contribution in [0.4, 0.5) is 0 Å². The molecule has 0 bridgehead atoms. The second-order valence-electron chi connectivity index (χ2n) is 2.39. The third kappa shape index (κ3) is 1.78. The number of hydrogen-bond acceptors (Lipinski definition) is 2. The van der Waals surface area contributed by atoms with Crippen LogP contribution in [0.2, 0.25) is 0 Å². The van der Waals surface area contributed by atoms with E-state index in [2.05, 4.69) is 0 Å². The predicted octanol–water partition coefficient (Wildman–Crippen LogP) is 2.89. The molecule has 58 valence electrons. The maximum Gasteiger partial charge on any atom is 0.395 e. The first-order valence-corrected chi connectivity index (χ1v) is 4.04. The molecule has 0 aliphatic carbocycles. The zero-order chi connectivity index (χ0) is 8.27. The standard InChI is InChI=1S/C8H9O2P/c1-6-4-3-5-7(2)8(6)10-11-9/h3-5H,1-2H3. The first kappa shape index (κ1) is 8.22. The van der Waals surface area contributed by atoms with Crippen molar-refractivity contribution in [1.82, 2.24) is 0 Å². The van der Waals surface area contributed by atoms with Crippen molar-refractivity contribution in [1.29, 1.82) is 0 Å². The SMILES string of the molecule is Cc1cccc(C)c1OP=O. The lowest BCUT2D eigenvalue weighted by atomic mass is 10.1. The molecular weight excluding hydrogens is 159 g/mol. The molecule has 0 saturated heterocycles.